The van der Waals surface area contributed by atoms with E-state index >= 15 is 0 Å². The first-order valence-electron chi connectivity index (χ1n) is 8.82. The van der Waals surface area contributed by atoms with Crippen LogP contribution in [0.3, 0.4) is 0 Å². The van der Waals surface area contributed by atoms with Gasteiger partial charge < -0.3 is 4.74 Å². The third-order valence-corrected chi connectivity index (χ3v) is 5.49. The number of ketones is 1. The number of fused-ring (bicyclic) bond motifs is 1. The molecule has 1 unspecified atom stereocenters. The number of carbonyl (C=O) groups is 1. The molecule has 0 radical (unpaired) electrons. The lowest BCUT2D eigenvalue weighted by molar-refractivity contribution is -0.118. The van der Waals surface area contributed by atoms with Gasteiger partial charge in [0.2, 0.25) is 0 Å². The number of Topliss-reactive ketones (excluding diaryl/α,β-unsaturated/α-hetero) is 1. The van der Waals surface area contributed by atoms with E-state index in [1.165, 1.54) is 11.1 Å². The lowest BCUT2D eigenvalue weighted by atomic mass is 9.65. The van der Waals surface area contributed by atoms with E-state index in [1.54, 1.807) is 7.11 Å². The number of aryl methyl sites for hydroxylation is 1. The number of aromatic nitrogens is 2. The van der Waals surface area contributed by atoms with Crippen molar-refractivity contribution in [2.75, 3.05) is 7.11 Å². The van der Waals surface area contributed by atoms with Crippen molar-refractivity contribution in [2.24, 2.45) is 5.41 Å². The van der Waals surface area contributed by atoms with Crippen LogP contribution < -0.4 is 4.74 Å². The summed E-state index contributed by atoms with van der Waals surface area (Å²) in [6.07, 6.45) is 2.37. The summed E-state index contributed by atoms with van der Waals surface area (Å²) >= 11 is 0. The number of carbonyl (C=O) groups excluding carboxylic acids is 1. The average Bonchev–Trinajstić information content (AvgIpc) is 2.93. The number of rotatable bonds is 2. The Morgan fingerprint density at radius 1 is 1.20 bits per heavy atom. The van der Waals surface area contributed by atoms with Gasteiger partial charge in [0.1, 0.15) is 5.75 Å². The van der Waals surface area contributed by atoms with Gasteiger partial charge >= 0.3 is 0 Å². The van der Waals surface area contributed by atoms with Gasteiger partial charge in [-0.2, -0.15) is 5.10 Å². The van der Waals surface area contributed by atoms with Crippen LogP contribution in [0.5, 0.6) is 5.75 Å². The summed E-state index contributed by atoms with van der Waals surface area (Å²) in [6, 6.07) is 8.08. The molecule has 2 aliphatic carbocycles. The Morgan fingerprint density at radius 2 is 1.92 bits per heavy atom. The highest BCUT2D eigenvalue weighted by atomic mass is 16.5. The van der Waals surface area contributed by atoms with Crippen molar-refractivity contribution in [1.82, 2.24) is 10.2 Å². The summed E-state index contributed by atoms with van der Waals surface area (Å²) < 4.78 is 5.29. The van der Waals surface area contributed by atoms with E-state index in [1.807, 2.05) is 19.1 Å². The fraction of sp³-hybridized carbons (Fsp3) is 0.429. The molecule has 4 rings (SSSR count). The zero-order chi connectivity index (χ0) is 17.8. The maximum absolute atomic E-state index is 13.1. The maximum Gasteiger partial charge on any atom is 0.160 e. The number of allylic oxidation sites excluding steroid dienone is 2. The summed E-state index contributed by atoms with van der Waals surface area (Å²) in [7, 11) is 1.67. The van der Waals surface area contributed by atoms with Gasteiger partial charge in [-0.1, -0.05) is 31.6 Å². The molecule has 25 heavy (non-hydrogen) atoms. The van der Waals surface area contributed by atoms with Crippen LogP contribution in [0.2, 0.25) is 0 Å². The molecule has 0 saturated carbocycles. The fourth-order valence-corrected chi connectivity index (χ4v) is 4.47. The molecule has 1 heterocycles. The average molecular weight is 336 g/mol. The summed E-state index contributed by atoms with van der Waals surface area (Å²) in [5.74, 6) is 1.10. The molecule has 0 aliphatic heterocycles. The normalized spacial score (nSPS) is 21.8. The smallest absolute Gasteiger partial charge is 0.160 e. The minimum absolute atomic E-state index is 0.0213. The van der Waals surface area contributed by atoms with Gasteiger partial charge in [-0.05, 0) is 36.5 Å². The van der Waals surface area contributed by atoms with Crippen LogP contribution in [-0.2, 0) is 11.2 Å². The minimum atomic E-state index is -0.0213. The molecular formula is C21H24N2O2. The van der Waals surface area contributed by atoms with Gasteiger partial charge in [0.25, 0.3) is 0 Å². The largest absolute Gasteiger partial charge is 0.497 e. The van der Waals surface area contributed by atoms with Crippen LogP contribution in [0.15, 0.2) is 35.4 Å². The van der Waals surface area contributed by atoms with Crippen molar-refractivity contribution in [3.05, 3.63) is 57.9 Å². The third kappa shape index (κ3) is 2.60. The van der Waals surface area contributed by atoms with Gasteiger partial charge in [0.05, 0.1) is 12.8 Å². The minimum Gasteiger partial charge on any atom is -0.497 e. The van der Waals surface area contributed by atoms with E-state index in [2.05, 4.69) is 36.2 Å². The van der Waals surface area contributed by atoms with Gasteiger partial charge in [0.15, 0.2) is 5.78 Å². The van der Waals surface area contributed by atoms with Crippen molar-refractivity contribution < 1.29 is 9.53 Å². The molecule has 0 amide bonds. The Bertz CT molecular complexity index is 872. The number of aromatic amines is 1. The highest BCUT2D eigenvalue weighted by molar-refractivity contribution is 6.00. The highest BCUT2D eigenvalue weighted by Gasteiger charge is 2.41. The monoisotopic (exact) mass is 336 g/mol. The Kier molecular flexibility index (Phi) is 3.60. The lowest BCUT2D eigenvalue weighted by Gasteiger charge is -2.38. The lowest BCUT2D eigenvalue weighted by Crippen LogP contribution is -2.32. The van der Waals surface area contributed by atoms with Crippen LogP contribution >= 0.6 is 0 Å². The van der Waals surface area contributed by atoms with Gasteiger partial charge in [-0.25, -0.2) is 0 Å². The number of benzene rings is 1. The molecule has 1 N–H and O–H groups in total. The van der Waals surface area contributed by atoms with Crippen LogP contribution in [0, 0.1) is 12.3 Å². The second kappa shape index (κ2) is 5.58. The first-order valence-corrected chi connectivity index (χ1v) is 8.82. The van der Waals surface area contributed by atoms with Crippen LogP contribution in [-0.4, -0.2) is 23.1 Å². The van der Waals surface area contributed by atoms with Gasteiger partial charge in [-0.15, -0.1) is 0 Å². The van der Waals surface area contributed by atoms with Gasteiger partial charge in [-0.3, -0.25) is 9.89 Å². The quantitative estimate of drug-likeness (QED) is 0.898. The third-order valence-electron chi connectivity index (χ3n) is 5.49. The molecule has 1 aromatic heterocycles. The first-order chi connectivity index (χ1) is 11.9. The summed E-state index contributed by atoms with van der Waals surface area (Å²) in [6.45, 7) is 6.41. The van der Waals surface area contributed by atoms with E-state index in [4.69, 9.17) is 4.74 Å². The SMILES string of the molecule is COc1ccc(C2C3=C(Cc4n[nH]c(C)c42)CC(C)(C)CC3=O)cc1. The van der Waals surface area contributed by atoms with Gasteiger partial charge in [0, 0.05) is 35.6 Å². The van der Waals surface area contributed by atoms with E-state index in [0.717, 1.165) is 41.1 Å². The van der Waals surface area contributed by atoms with E-state index in [0.29, 0.717) is 12.2 Å². The van der Waals surface area contributed by atoms with Crippen molar-refractivity contribution >= 4 is 5.78 Å². The standard InChI is InChI=1S/C21H24N2O2/c1-12-18-16(23-22-12)9-14-10-21(2,3)11-17(24)19(14)20(18)13-5-7-15(25-4)8-6-13/h5-8,20H,9-11H2,1-4H3,(H,22,23). The van der Waals surface area contributed by atoms with Crippen molar-refractivity contribution in [3.8, 4) is 5.75 Å². The first kappa shape index (κ1) is 16.1. The topological polar surface area (TPSA) is 55.0 Å². The highest BCUT2D eigenvalue weighted by Crippen LogP contribution is 2.49. The molecule has 2 aromatic rings. The van der Waals surface area contributed by atoms with Crippen molar-refractivity contribution in [2.45, 2.75) is 46.0 Å². The summed E-state index contributed by atoms with van der Waals surface area (Å²) in [5, 5.41) is 7.67. The molecule has 0 spiro atoms. The van der Waals surface area contributed by atoms with E-state index < -0.39 is 0 Å². The molecule has 0 saturated heterocycles. The number of hydrogen-bond donors (Lipinski definition) is 1. The number of H-pyrrole nitrogens is 1. The second-order valence-electron chi connectivity index (χ2n) is 8.05. The Labute approximate surface area is 148 Å². The Balaban J connectivity index is 1.89. The number of hydrogen-bond acceptors (Lipinski definition) is 3. The molecule has 130 valence electrons. The number of nitrogens with zero attached hydrogens (tertiary/aromatic N) is 1. The molecule has 1 aromatic carbocycles. The van der Waals surface area contributed by atoms with Crippen LogP contribution in [0.25, 0.3) is 0 Å². The second-order valence-corrected chi connectivity index (χ2v) is 8.05. The molecule has 0 bridgehead atoms. The number of ether oxygens (including phenoxy) is 1. The summed E-state index contributed by atoms with van der Waals surface area (Å²) in [5.41, 5.74) is 6.75. The zero-order valence-corrected chi connectivity index (χ0v) is 15.3. The zero-order valence-electron chi connectivity index (χ0n) is 15.3. The van der Waals surface area contributed by atoms with E-state index in [-0.39, 0.29) is 11.3 Å². The molecule has 0 fully saturated rings. The predicted molar refractivity (Wildman–Crippen MR) is 96.9 cm³/mol. The van der Waals surface area contributed by atoms with Crippen molar-refractivity contribution in [1.29, 1.82) is 0 Å². The molecule has 2 aliphatic rings. The molecule has 4 nitrogen and oxygen atoms in total. The van der Waals surface area contributed by atoms with E-state index in [9.17, 15) is 4.79 Å². The Hall–Kier alpha value is -2.36. The predicted octanol–water partition coefficient (Wildman–Crippen LogP) is 4.10. The Morgan fingerprint density at radius 3 is 2.60 bits per heavy atom. The number of methoxy groups -OCH3 is 1. The fourth-order valence-electron chi connectivity index (χ4n) is 4.47. The summed E-state index contributed by atoms with van der Waals surface area (Å²) in [4.78, 5) is 13.1. The molecule has 1 atom stereocenters. The number of nitrogens with one attached hydrogen (secondary N) is 1. The molecular weight excluding hydrogens is 312 g/mol. The molecule has 4 heteroatoms. The maximum atomic E-state index is 13.1. The van der Waals surface area contributed by atoms with Crippen LogP contribution in [0.1, 0.15) is 55.1 Å². The van der Waals surface area contributed by atoms with Crippen LogP contribution in [0.4, 0.5) is 0 Å². The van der Waals surface area contributed by atoms with Crippen molar-refractivity contribution in [3.63, 3.8) is 0 Å².